The van der Waals surface area contributed by atoms with E-state index < -0.39 is 28.2 Å². The second kappa shape index (κ2) is 4.70. The molecular weight excluding hydrogens is 307 g/mol. The Morgan fingerprint density at radius 1 is 1.12 bits per heavy atom. The number of allylic oxidation sites excluding steroid dienone is 1. The van der Waals surface area contributed by atoms with Gasteiger partial charge in [0.1, 0.15) is 5.67 Å². The molecule has 0 heterocycles. The van der Waals surface area contributed by atoms with Crippen molar-refractivity contribution in [3.05, 3.63) is 11.6 Å². The standard InChI is InChI=1S/C20H29FO3/c1-17-8-6-13(22)10-12(17)4-5-15-14-7-9-19(3,24)18(14,2)11-16(23)20(15,17)21/h10,14-16,23-24H,4-9,11H2,1-3H3/t14-,15-,16?,17-,18-,19?,20-/m0/s1. The number of alkyl halides is 1. The van der Waals surface area contributed by atoms with Crippen LogP contribution in [0.15, 0.2) is 11.6 Å². The van der Waals surface area contributed by atoms with Gasteiger partial charge < -0.3 is 10.2 Å². The van der Waals surface area contributed by atoms with Crippen molar-refractivity contribution >= 4 is 5.78 Å². The molecule has 0 spiro atoms. The van der Waals surface area contributed by atoms with Gasteiger partial charge in [-0.25, -0.2) is 4.39 Å². The highest BCUT2D eigenvalue weighted by Gasteiger charge is 2.72. The van der Waals surface area contributed by atoms with Crippen molar-refractivity contribution in [1.29, 1.82) is 0 Å². The number of halogens is 1. The quantitative estimate of drug-likeness (QED) is 0.713. The van der Waals surface area contributed by atoms with Gasteiger partial charge in [0.05, 0.1) is 11.7 Å². The number of rotatable bonds is 0. The fraction of sp³-hybridized carbons (Fsp3) is 0.850. The SMILES string of the molecule is CC1(O)CC[C@H]2[C@@H]3CCC4=CC(=O)CC[C@]4(C)[C@@]3(F)C(O)C[C@@]21C. The number of carbonyl (C=O) groups excluding carboxylic acids is 1. The Hall–Kier alpha value is -0.740. The second-order valence-corrected chi connectivity index (χ2v) is 9.44. The predicted octanol–water partition coefficient (Wildman–Crippen LogP) is 3.33. The number of carbonyl (C=O) groups is 1. The van der Waals surface area contributed by atoms with Crippen LogP contribution in [0, 0.1) is 22.7 Å². The summed E-state index contributed by atoms with van der Waals surface area (Å²) in [7, 11) is 0. The van der Waals surface area contributed by atoms with Gasteiger partial charge in [0, 0.05) is 23.2 Å². The number of hydrogen-bond acceptors (Lipinski definition) is 3. The normalized spacial score (nSPS) is 57.0. The minimum Gasteiger partial charge on any atom is -0.390 e. The van der Waals surface area contributed by atoms with Gasteiger partial charge in [-0.05, 0) is 57.4 Å². The lowest BCUT2D eigenvalue weighted by Crippen LogP contribution is -2.68. The summed E-state index contributed by atoms with van der Waals surface area (Å²) < 4.78 is 16.6. The first-order chi connectivity index (χ1) is 11.1. The topological polar surface area (TPSA) is 57.5 Å². The number of ketones is 1. The van der Waals surface area contributed by atoms with E-state index >= 15 is 4.39 Å². The van der Waals surface area contributed by atoms with Crippen LogP contribution >= 0.6 is 0 Å². The molecule has 2 unspecified atom stereocenters. The molecule has 3 saturated carbocycles. The Morgan fingerprint density at radius 2 is 1.83 bits per heavy atom. The summed E-state index contributed by atoms with van der Waals surface area (Å²) in [6.45, 7) is 5.79. The molecule has 3 nitrogen and oxygen atoms in total. The maximum Gasteiger partial charge on any atom is 0.155 e. The van der Waals surface area contributed by atoms with E-state index in [0.717, 1.165) is 18.4 Å². The summed E-state index contributed by atoms with van der Waals surface area (Å²) in [6, 6.07) is 0. The van der Waals surface area contributed by atoms with Crippen LogP contribution in [0.2, 0.25) is 0 Å². The van der Waals surface area contributed by atoms with Crippen LogP contribution in [0.4, 0.5) is 4.39 Å². The maximum absolute atomic E-state index is 16.6. The molecule has 0 aliphatic heterocycles. The van der Waals surface area contributed by atoms with Crippen LogP contribution in [-0.2, 0) is 4.79 Å². The van der Waals surface area contributed by atoms with E-state index in [4.69, 9.17) is 0 Å². The second-order valence-electron chi connectivity index (χ2n) is 9.44. The van der Waals surface area contributed by atoms with Gasteiger partial charge in [-0.1, -0.05) is 19.4 Å². The Bertz CT molecular complexity index is 626. The Kier molecular flexibility index (Phi) is 3.27. The molecule has 0 aromatic rings. The molecule has 0 radical (unpaired) electrons. The number of fused-ring (bicyclic) bond motifs is 5. The molecule has 4 heteroatoms. The van der Waals surface area contributed by atoms with E-state index in [1.54, 1.807) is 6.08 Å². The van der Waals surface area contributed by atoms with Crippen molar-refractivity contribution in [3.63, 3.8) is 0 Å². The van der Waals surface area contributed by atoms with Crippen molar-refractivity contribution in [2.24, 2.45) is 22.7 Å². The van der Waals surface area contributed by atoms with Gasteiger partial charge in [0.25, 0.3) is 0 Å². The molecule has 0 aromatic carbocycles. The Labute approximate surface area is 143 Å². The number of aliphatic hydroxyl groups excluding tert-OH is 1. The summed E-state index contributed by atoms with van der Waals surface area (Å²) in [5.41, 5.74) is -2.83. The highest BCUT2D eigenvalue weighted by atomic mass is 19.1. The summed E-state index contributed by atoms with van der Waals surface area (Å²) in [5.74, 6) is -0.0593. The monoisotopic (exact) mass is 336 g/mol. The first-order valence-electron chi connectivity index (χ1n) is 9.39. The third-order valence-corrected chi connectivity index (χ3v) is 8.60. The fourth-order valence-corrected chi connectivity index (χ4v) is 6.79. The summed E-state index contributed by atoms with van der Waals surface area (Å²) in [6.07, 6.45) is 4.60. The lowest BCUT2D eigenvalue weighted by Gasteiger charge is -2.63. The van der Waals surface area contributed by atoms with Crippen LogP contribution < -0.4 is 0 Å². The van der Waals surface area contributed by atoms with E-state index in [9.17, 15) is 15.0 Å². The molecule has 2 N–H and O–H groups in total. The van der Waals surface area contributed by atoms with Crippen molar-refractivity contribution in [3.8, 4) is 0 Å². The van der Waals surface area contributed by atoms with Gasteiger partial charge in [0.15, 0.2) is 5.78 Å². The minimum absolute atomic E-state index is 0.0865. The van der Waals surface area contributed by atoms with Gasteiger partial charge in [0.2, 0.25) is 0 Å². The summed E-state index contributed by atoms with van der Waals surface area (Å²) in [5, 5.41) is 21.9. The predicted molar refractivity (Wildman–Crippen MR) is 89.1 cm³/mol. The third kappa shape index (κ3) is 1.72. The lowest BCUT2D eigenvalue weighted by molar-refractivity contribution is -0.225. The minimum atomic E-state index is -1.69. The van der Waals surface area contributed by atoms with E-state index in [2.05, 4.69) is 0 Å². The van der Waals surface area contributed by atoms with Crippen LogP contribution in [0.25, 0.3) is 0 Å². The molecule has 0 aromatic heterocycles. The van der Waals surface area contributed by atoms with E-state index in [1.165, 1.54) is 0 Å². The highest BCUT2D eigenvalue weighted by molar-refractivity contribution is 5.91. The average molecular weight is 336 g/mol. The van der Waals surface area contributed by atoms with Crippen LogP contribution in [-0.4, -0.2) is 33.4 Å². The van der Waals surface area contributed by atoms with Gasteiger partial charge in [-0.2, -0.15) is 0 Å². The van der Waals surface area contributed by atoms with E-state index in [-0.39, 0.29) is 17.6 Å². The first-order valence-corrected chi connectivity index (χ1v) is 9.39. The lowest BCUT2D eigenvalue weighted by atomic mass is 9.44. The van der Waals surface area contributed by atoms with Crippen molar-refractivity contribution in [2.45, 2.75) is 83.1 Å². The van der Waals surface area contributed by atoms with Gasteiger partial charge in [-0.15, -0.1) is 0 Å². The zero-order valence-electron chi connectivity index (χ0n) is 14.9. The van der Waals surface area contributed by atoms with E-state index in [1.807, 2.05) is 20.8 Å². The molecule has 4 aliphatic rings. The summed E-state index contributed by atoms with van der Waals surface area (Å²) in [4.78, 5) is 11.8. The van der Waals surface area contributed by atoms with Crippen molar-refractivity contribution < 1.29 is 19.4 Å². The van der Waals surface area contributed by atoms with Crippen LogP contribution in [0.5, 0.6) is 0 Å². The number of hydrogen-bond donors (Lipinski definition) is 2. The number of aliphatic hydroxyl groups is 2. The Balaban J connectivity index is 1.82. The molecule has 4 aliphatic carbocycles. The fourth-order valence-electron chi connectivity index (χ4n) is 6.79. The van der Waals surface area contributed by atoms with Crippen LogP contribution in [0.1, 0.15) is 65.7 Å². The van der Waals surface area contributed by atoms with E-state index in [0.29, 0.717) is 32.1 Å². The molecule has 134 valence electrons. The Morgan fingerprint density at radius 3 is 2.54 bits per heavy atom. The molecule has 0 bridgehead atoms. The largest absolute Gasteiger partial charge is 0.390 e. The molecule has 3 fully saturated rings. The molecule has 7 atom stereocenters. The van der Waals surface area contributed by atoms with Gasteiger partial charge in [-0.3, -0.25) is 4.79 Å². The molecule has 4 rings (SSSR count). The van der Waals surface area contributed by atoms with Gasteiger partial charge >= 0.3 is 0 Å². The van der Waals surface area contributed by atoms with Crippen molar-refractivity contribution in [2.75, 3.05) is 0 Å². The van der Waals surface area contributed by atoms with Crippen LogP contribution in [0.3, 0.4) is 0 Å². The molecule has 0 amide bonds. The maximum atomic E-state index is 16.6. The van der Waals surface area contributed by atoms with Crippen molar-refractivity contribution in [1.82, 2.24) is 0 Å². The zero-order chi connectivity index (χ0) is 17.5. The first kappa shape index (κ1) is 16.7. The average Bonchev–Trinajstić information content (AvgIpc) is 2.72. The third-order valence-electron chi connectivity index (χ3n) is 8.60. The zero-order valence-corrected chi connectivity index (χ0v) is 14.9. The smallest absolute Gasteiger partial charge is 0.155 e. The molecule has 0 saturated heterocycles. The highest BCUT2D eigenvalue weighted by Crippen LogP contribution is 2.70. The summed E-state index contributed by atoms with van der Waals surface area (Å²) >= 11 is 0. The molecular formula is C20H29FO3. The molecule has 24 heavy (non-hydrogen) atoms.